The van der Waals surface area contributed by atoms with Crippen LogP contribution < -0.4 is 11.1 Å². The summed E-state index contributed by atoms with van der Waals surface area (Å²) >= 11 is 0. The summed E-state index contributed by atoms with van der Waals surface area (Å²) in [5.41, 5.74) is 6.99. The molecule has 1 saturated heterocycles. The average Bonchev–Trinajstić information content (AvgIpc) is 3.58. The Kier molecular flexibility index (Phi) is 9.38. The molecule has 4 N–H and O–H groups in total. The van der Waals surface area contributed by atoms with Crippen LogP contribution in [0.5, 0.6) is 0 Å². The Morgan fingerprint density at radius 2 is 1.86 bits per heavy atom. The number of nitrogens with one attached hydrogen (secondary N) is 1. The molecule has 0 bridgehead atoms. The summed E-state index contributed by atoms with van der Waals surface area (Å²) in [7, 11) is -4.15. The molecule has 202 valence electrons. The largest absolute Gasteiger partial charge is 0.444 e. The third kappa shape index (κ3) is 7.65. The van der Waals surface area contributed by atoms with Gasteiger partial charge < -0.3 is 25.6 Å². The molecule has 2 aromatic carbocycles. The lowest BCUT2D eigenvalue weighted by molar-refractivity contribution is -0.145. The van der Waals surface area contributed by atoms with Crippen LogP contribution >= 0.6 is 0 Å². The van der Waals surface area contributed by atoms with Crippen LogP contribution in [0, 0.1) is 0 Å². The number of hydroxylamine groups is 1. The molecule has 0 unspecified atom stereocenters. The van der Waals surface area contributed by atoms with Gasteiger partial charge in [-0.25, -0.2) is 13.2 Å². The van der Waals surface area contributed by atoms with Crippen molar-refractivity contribution in [3.8, 4) is 0 Å². The Balaban J connectivity index is 1.54. The minimum Gasteiger partial charge on any atom is -0.444 e. The molecule has 0 radical (unpaired) electrons. The standard InChI is InChI=1S/C26H35N3O7S/c27-20-9-6-12-23(16-20)37(32,33)29(36-21-10-4-5-11-21)17-25(30)24(15-19-7-2-1-3-8-19)28-26(31)35-22-13-14-34-18-22/h1-3,6-9,12,16,21-22,24-25,30H,4-5,10-11,13-15,17-18,27H2,(H,28,31)/t22-,24-,25+/m0/s1. The van der Waals surface area contributed by atoms with Crippen molar-refractivity contribution < 1.29 is 32.6 Å². The molecular formula is C26H35N3O7S. The highest BCUT2D eigenvalue weighted by atomic mass is 32.2. The maximum absolute atomic E-state index is 13.5. The maximum Gasteiger partial charge on any atom is 0.407 e. The first-order valence-corrected chi connectivity index (χ1v) is 14.1. The number of nitrogen functional groups attached to an aromatic ring is 1. The Morgan fingerprint density at radius 1 is 1.11 bits per heavy atom. The number of carbonyl (C=O) groups is 1. The SMILES string of the molecule is Nc1cccc(S(=O)(=O)N(C[C@@H](O)[C@H](Cc2ccccc2)NC(=O)O[C@H]2CCOC2)OC2CCCC2)c1. The van der Waals surface area contributed by atoms with Gasteiger partial charge in [-0.3, -0.25) is 4.84 Å². The molecule has 37 heavy (non-hydrogen) atoms. The van der Waals surface area contributed by atoms with Crippen LogP contribution in [0.2, 0.25) is 0 Å². The molecule has 0 spiro atoms. The van der Waals surface area contributed by atoms with Gasteiger partial charge in [0.1, 0.15) is 6.10 Å². The lowest BCUT2D eigenvalue weighted by Gasteiger charge is -2.30. The highest BCUT2D eigenvalue weighted by Crippen LogP contribution is 2.26. The second kappa shape index (κ2) is 12.7. The predicted octanol–water partition coefficient (Wildman–Crippen LogP) is 2.62. The number of anilines is 1. The minimum absolute atomic E-state index is 0.0362. The second-order valence-corrected chi connectivity index (χ2v) is 11.3. The van der Waals surface area contributed by atoms with Crippen molar-refractivity contribution in [2.45, 2.75) is 67.8 Å². The summed E-state index contributed by atoms with van der Waals surface area (Å²) < 4.78 is 38.6. The van der Waals surface area contributed by atoms with Gasteiger partial charge >= 0.3 is 6.09 Å². The van der Waals surface area contributed by atoms with E-state index >= 15 is 0 Å². The van der Waals surface area contributed by atoms with Crippen molar-refractivity contribution in [1.29, 1.82) is 0 Å². The lowest BCUT2D eigenvalue weighted by atomic mass is 10.0. The molecule has 1 aliphatic carbocycles. The molecule has 1 heterocycles. The van der Waals surface area contributed by atoms with Crippen molar-refractivity contribution in [2.75, 3.05) is 25.5 Å². The van der Waals surface area contributed by atoms with Gasteiger partial charge in [-0.15, -0.1) is 0 Å². The van der Waals surface area contributed by atoms with E-state index in [2.05, 4.69) is 5.32 Å². The fourth-order valence-electron chi connectivity index (χ4n) is 4.52. The van der Waals surface area contributed by atoms with E-state index in [9.17, 15) is 18.3 Å². The smallest absolute Gasteiger partial charge is 0.407 e. The van der Waals surface area contributed by atoms with E-state index in [1.165, 1.54) is 12.1 Å². The van der Waals surface area contributed by atoms with E-state index in [0.29, 0.717) is 25.3 Å². The van der Waals surface area contributed by atoms with Crippen LogP contribution in [0.25, 0.3) is 0 Å². The van der Waals surface area contributed by atoms with E-state index in [1.54, 1.807) is 12.1 Å². The van der Waals surface area contributed by atoms with Crippen molar-refractivity contribution >= 4 is 21.8 Å². The number of benzene rings is 2. The van der Waals surface area contributed by atoms with Crippen LogP contribution in [0.1, 0.15) is 37.7 Å². The summed E-state index contributed by atoms with van der Waals surface area (Å²) in [6.07, 6.45) is 1.54. The Hall–Kier alpha value is -2.70. The van der Waals surface area contributed by atoms with Crippen LogP contribution in [0.4, 0.5) is 10.5 Å². The van der Waals surface area contributed by atoms with Gasteiger partial charge in [-0.2, -0.15) is 0 Å². The van der Waals surface area contributed by atoms with E-state index in [1.807, 2.05) is 30.3 Å². The highest BCUT2D eigenvalue weighted by Gasteiger charge is 2.35. The first-order valence-electron chi connectivity index (χ1n) is 12.6. The fraction of sp³-hybridized carbons (Fsp3) is 0.500. The van der Waals surface area contributed by atoms with Crippen molar-refractivity contribution in [3.63, 3.8) is 0 Å². The summed E-state index contributed by atoms with van der Waals surface area (Å²) in [4.78, 5) is 18.5. The van der Waals surface area contributed by atoms with Crippen molar-refractivity contribution in [3.05, 3.63) is 60.2 Å². The topological polar surface area (TPSA) is 140 Å². The number of sulfonamides is 1. The molecule has 0 aromatic heterocycles. The van der Waals surface area contributed by atoms with Crippen LogP contribution in [0.15, 0.2) is 59.5 Å². The molecule has 2 aliphatic rings. The van der Waals surface area contributed by atoms with Gasteiger partial charge in [0, 0.05) is 12.1 Å². The zero-order valence-electron chi connectivity index (χ0n) is 20.7. The number of aliphatic hydroxyl groups excluding tert-OH is 1. The molecule has 3 atom stereocenters. The van der Waals surface area contributed by atoms with E-state index in [4.69, 9.17) is 20.0 Å². The number of hydrogen-bond acceptors (Lipinski definition) is 8. The first kappa shape index (κ1) is 27.3. The number of nitrogens with two attached hydrogens (primary N) is 1. The van der Waals surface area contributed by atoms with Gasteiger partial charge in [0.05, 0.1) is 42.9 Å². The van der Waals surface area contributed by atoms with Gasteiger partial charge in [-0.1, -0.05) is 53.7 Å². The zero-order chi connectivity index (χ0) is 26.3. The highest BCUT2D eigenvalue weighted by molar-refractivity contribution is 7.89. The van der Waals surface area contributed by atoms with Crippen LogP contribution in [-0.2, 0) is 30.8 Å². The van der Waals surface area contributed by atoms with Gasteiger partial charge in [0.15, 0.2) is 0 Å². The Labute approximate surface area is 217 Å². The third-order valence-electron chi connectivity index (χ3n) is 6.56. The zero-order valence-corrected chi connectivity index (χ0v) is 21.5. The van der Waals surface area contributed by atoms with Crippen LogP contribution in [-0.4, -0.2) is 68.2 Å². The van der Waals surface area contributed by atoms with E-state index < -0.39 is 34.8 Å². The van der Waals surface area contributed by atoms with Crippen LogP contribution in [0.3, 0.4) is 0 Å². The van der Waals surface area contributed by atoms with Crippen molar-refractivity contribution in [1.82, 2.24) is 9.79 Å². The second-order valence-electron chi connectivity index (χ2n) is 9.47. The van der Waals surface area contributed by atoms with Crippen molar-refractivity contribution in [2.24, 2.45) is 0 Å². The predicted molar refractivity (Wildman–Crippen MR) is 137 cm³/mol. The average molecular weight is 534 g/mol. The molecule has 1 aliphatic heterocycles. The lowest BCUT2D eigenvalue weighted by Crippen LogP contribution is -2.51. The molecule has 10 nitrogen and oxygen atoms in total. The summed E-state index contributed by atoms with van der Waals surface area (Å²) in [5.74, 6) is 0. The molecule has 4 rings (SSSR count). The normalized spacial score (nSPS) is 20.1. The van der Waals surface area contributed by atoms with E-state index in [0.717, 1.165) is 35.7 Å². The van der Waals surface area contributed by atoms with Gasteiger partial charge in [0.25, 0.3) is 10.0 Å². The number of nitrogens with zero attached hydrogens (tertiary/aromatic N) is 1. The van der Waals surface area contributed by atoms with Gasteiger partial charge in [0.2, 0.25) is 0 Å². The number of ether oxygens (including phenoxy) is 2. The number of amides is 1. The summed E-state index contributed by atoms with van der Waals surface area (Å²) in [6.45, 7) is 0.447. The van der Waals surface area contributed by atoms with E-state index in [-0.39, 0.29) is 23.5 Å². The van der Waals surface area contributed by atoms with Gasteiger partial charge in [-0.05, 0) is 43.0 Å². The molecular weight excluding hydrogens is 498 g/mol. The minimum atomic E-state index is -4.15. The monoisotopic (exact) mass is 533 g/mol. The fourth-order valence-corrected chi connectivity index (χ4v) is 5.88. The molecule has 1 amide bonds. The number of hydrogen-bond donors (Lipinski definition) is 3. The summed E-state index contributed by atoms with van der Waals surface area (Å²) in [6, 6.07) is 14.4. The number of aliphatic hydroxyl groups is 1. The maximum atomic E-state index is 13.5. The third-order valence-corrected chi connectivity index (χ3v) is 8.18. The Morgan fingerprint density at radius 3 is 2.54 bits per heavy atom. The molecule has 11 heteroatoms. The first-order chi connectivity index (χ1) is 17.8. The number of rotatable bonds is 11. The molecule has 1 saturated carbocycles. The number of alkyl carbamates (subject to hydrolysis) is 1. The quantitative estimate of drug-likeness (QED) is 0.296. The summed E-state index contributed by atoms with van der Waals surface area (Å²) in [5, 5.41) is 14.0. The molecule has 2 aromatic rings. The number of carbonyl (C=O) groups excluding carboxylic acids is 1. The molecule has 2 fully saturated rings. The Bertz CT molecular complexity index is 1120.